The number of aliphatic hydroxyl groups excluding tert-OH is 1. The van der Waals surface area contributed by atoms with E-state index < -0.39 is 0 Å². The topological polar surface area (TPSA) is 59.0 Å². The van der Waals surface area contributed by atoms with Gasteiger partial charge in [0.05, 0.1) is 20.3 Å². The first kappa shape index (κ1) is 23.5. The molecule has 1 atom stereocenters. The Balaban J connectivity index is 1.79. The molecule has 168 valence electrons. The van der Waals surface area contributed by atoms with E-state index in [9.17, 15) is 4.79 Å². The summed E-state index contributed by atoms with van der Waals surface area (Å²) in [7, 11) is 1.61. The van der Waals surface area contributed by atoms with E-state index >= 15 is 0 Å². The fourth-order valence-electron chi connectivity index (χ4n) is 3.55. The zero-order valence-corrected chi connectivity index (χ0v) is 18.7. The maximum Gasteiger partial charge on any atom is 0.176 e. The second-order valence-corrected chi connectivity index (χ2v) is 7.72. The number of carbonyl (C=O) groups excluding carboxylic acids is 1. The van der Waals surface area contributed by atoms with E-state index in [1.165, 1.54) is 0 Å². The Morgan fingerprint density at radius 3 is 2.41 bits per heavy atom. The average molecular weight is 434 g/mol. The van der Waals surface area contributed by atoms with Crippen molar-refractivity contribution >= 4 is 5.78 Å². The first-order valence-electron chi connectivity index (χ1n) is 10.9. The number of rotatable bonds is 12. The molecule has 0 amide bonds. The van der Waals surface area contributed by atoms with Gasteiger partial charge in [-0.15, -0.1) is 0 Å². The third kappa shape index (κ3) is 6.67. The smallest absolute Gasteiger partial charge is 0.176 e. The molecule has 0 spiro atoms. The molecule has 3 aromatic rings. The molecule has 5 nitrogen and oxygen atoms in total. The number of ether oxygens (including phenoxy) is 2. The predicted octanol–water partition coefficient (Wildman–Crippen LogP) is 4.90. The highest BCUT2D eigenvalue weighted by Gasteiger charge is 2.20. The summed E-state index contributed by atoms with van der Waals surface area (Å²) in [6, 6.07) is 25.4. The number of Topliss-reactive ketones (excluding diaryl/α,β-unsaturated/α-hetero) is 1. The number of benzene rings is 3. The van der Waals surface area contributed by atoms with Crippen LogP contribution in [0.5, 0.6) is 11.5 Å². The molecule has 3 aromatic carbocycles. The van der Waals surface area contributed by atoms with Crippen LogP contribution >= 0.6 is 0 Å². The SMILES string of the molecule is COc1ccc(C(=O)CN(Cc2cccc(OCCCO)c2)C(C)c2ccccc2)cc1. The maximum absolute atomic E-state index is 13.1. The molecule has 0 radical (unpaired) electrons. The van der Waals surface area contributed by atoms with Gasteiger partial charge in [0, 0.05) is 31.2 Å². The lowest BCUT2D eigenvalue weighted by atomic mass is 10.0. The minimum atomic E-state index is 0.0531. The van der Waals surface area contributed by atoms with Gasteiger partial charge < -0.3 is 14.6 Å². The zero-order valence-electron chi connectivity index (χ0n) is 18.7. The van der Waals surface area contributed by atoms with Gasteiger partial charge in [-0.1, -0.05) is 42.5 Å². The van der Waals surface area contributed by atoms with Crippen LogP contribution in [0.1, 0.15) is 40.9 Å². The van der Waals surface area contributed by atoms with E-state index in [1.807, 2.05) is 66.7 Å². The first-order chi connectivity index (χ1) is 15.6. The number of nitrogens with zero attached hydrogens (tertiary/aromatic N) is 1. The third-order valence-corrected chi connectivity index (χ3v) is 5.44. The highest BCUT2D eigenvalue weighted by Crippen LogP contribution is 2.24. The summed E-state index contributed by atoms with van der Waals surface area (Å²) < 4.78 is 10.9. The highest BCUT2D eigenvalue weighted by molar-refractivity contribution is 5.97. The van der Waals surface area contributed by atoms with Crippen LogP contribution in [-0.2, 0) is 6.54 Å². The zero-order chi connectivity index (χ0) is 22.8. The van der Waals surface area contributed by atoms with Crippen molar-refractivity contribution in [3.63, 3.8) is 0 Å². The summed E-state index contributed by atoms with van der Waals surface area (Å²) in [6.07, 6.45) is 0.595. The molecule has 0 aliphatic carbocycles. The second kappa shape index (κ2) is 12.0. The van der Waals surface area contributed by atoms with Crippen molar-refractivity contribution in [1.29, 1.82) is 0 Å². The van der Waals surface area contributed by atoms with Crippen LogP contribution in [-0.4, -0.2) is 42.7 Å². The van der Waals surface area contributed by atoms with Crippen molar-refractivity contribution < 1.29 is 19.4 Å². The number of hydrogen-bond acceptors (Lipinski definition) is 5. The van der Waals surface area contributed by atoms with Crippen LogP contribution in [0.2, 0.25) is 0 Å². The lowest BCUT2D eigenvalue weighted by Gasteiger charge is -2.29. The van der Waals surface area contributed by atoms with Crippen molar-refractivity contribution in [2.24, 2.45) is 0 Å². The molecule has 0 heterocycles. The molecule has 32 heavy (non-hydrogen) atoms. The Bertz CT molecular complexity index is 972. The maximum atomic E-state index is 13.1. The van der Waals surface area contributed by atoms with Crippen molar-refractivity contribution in [2.45, 2.75) is 25.9 Å². The van der Waals surface area contributed by atoms with Crippen molar-refractivity contribution in [3.05, 3.63) is 95.6 Å². The summed E-state index contributed by atoms with van der Waals surface area (Å²) in [5.74, 6) is 1.56. The lowest BCUT2D eigenvalue weighted by Crippen LogP contribution is -2.32. The fourth-order valence-corrected chi connectivity index (χ4v) is 3.55. The Kier molecular flexibility index (Phi) is 8.84. The molecule has 0 saturated carbocycles. The van der Waals surface area contributed by atoms with Crippen LogP contribution < -0.4 is 9.47 Å². The number of carbonyl (C=O) groups is 1. The quantitative estimate of drug-likeness (QED) is 0.325. The molecule has 1 unspecified atom stereocenters. The summed E-state index contributed by atoms with van der Waals surface area (Å²) in [5.41, 5.74) is 2.89. The van der Waals surface area contributed by atoms with E-state index in [1.54, 1.807) is 7.11 Å². The molecule has 0 saturated heterocycles. The summed E-state index contributed by atoms with van der Waals surface area (Å²) in [6.45, 7) is 3.60. The van der Waals surface area contributed by atoms with Gasteiger partial charge in [-0.05, 0) is 54.4 Å². The molecule has 0 aliphatic rings. The molecule has 3 rings (SSSR count). The van der Waals surface area contributed by atoms with Crippen LogP contribution in [0.4, 0.5) is 0 Å². The standard InChI is InChI=1S/C27H31NO4/c1-21(23-9-4-3-5-10-23)28(20-27(30)24-12-14-25(31-2)15-13-24)19-22-8-6-11-26(18-22)32-17-7-16-29/h3-6,8-15,18,21,29H,7,16-17,19-20H2,1-2H3. The summed E-state index contributed by atoms with van der Waals surface area (Å²) >= 11 is 0. The largest absolute Gasteiger partial charge is 0.497 e. The van der Waals surface area contributed by atoms with E-state index in [0.717, 1.165) is 22.6 Å². The monoisotopic (exact) mass is 433 g/mol. The summed E-state index contributed by atoms with van der Waals surface area (Å²) in [5, 5.41) is 8.97. The van der Waals surface area contributed by atoms with E-state index in [0.29, 0.717) is 25.1 Å². The van der Waals surface area contributed by atoms with Crippen molar-refractivity contribution in [1.82, 2.24) is 4.90 Å². The molecule has 0 fully saturated rings. The number of hydrogen-bond donors (Lipinski definition) is 1. The van der Waals surface area contributed by atoms with Gasteiger partial charge in [-0.3, -0.25) is 9.69 Å². The lowest BCUT2D eigenvalue weighted by molar-refractivity contribution is 0.0889. The predicted molar refractivity (Wildman–Crippen MR) is 126 cm³/mol. The number of ketones is 1. The Morgan fingerprint density at radius 1 is 0.969 bits per heavy atom. The molecule has 5 heteroatoms. The normalized spacial score (nSPS) is 11.9. The van der Waals surface area contributed by atoms with Gasteiger partial charge in [0.15, 0.2) is 5.78 Å². The molecule has 0 bridgehead atoms. The van der Waals surface area contributed by atoms with Gasteiger partial charge in [0.25, 0.3) is 0 Å². The van der Waals surface area contributed by atoms with Gasteiger partial charge in [-0.25, -0.2) is 0 Å². The van der Waals surface area contributed by atoms with Crippen molar-refractivity contribution in [3.8, 4) is 11.5 Å². The van der Waals surface area contributed by atoms with Crippen LogP contribution in [0, 0.1) is 0 Å². The minimum Gasteiger partial charge on any atom is -0.497 e. The van der Waals surface area contributed by atoms with Gasteiger partial charge >= 0.3 is 0 Å². The van der Waals surface area contributed by atoms with Gasteiger partial charge in [0.1, 0.15) is 11.5 Å². The van der Waals surface area contributed by atoms with Crippen LogP contribution in [0.3, 0.4) is 0 Å². The van der Waals surface area contributed by atoms with Gasteiger partial charge in [-0.2, -0.15) is 0 Å². The van der Waals surface area contributed by atoms with Crippen LogP contribution in [0.15, 0.2) is 78.9 Å². The first-order valence-corrected chi connectivity index (χ1v) is 10.9. The second-order valence-electron chi connectivity index (χ2n) is 7.72. The van der Waals surface area contributed by atoms with Gasteiger partial charge in [0.2, 0.25) is 0 Å². The Hall–Kier alpha value is -3.15. The average Bonchev–Trinajstić information content (AvgIpc) is 2.84. The number of aliphatic hydroxyl groups is 1. The van der Waals surface area contributed by atoms with E-state index in [2.05, 4.69) is 24.0 Å². The third-order valence-electron chi connectivity index (χ3n) is 5.44. The van der Waals surface area contributed by atoms with E-state index in [-0.39, 0.29) is 25.0 Å². The Labute approximate surface area is 190 Å². The highest BCUT2D eigenvalue weighted by atomic mass is 16.5. The number of methoxy groups -OCH3 is 1. The molecular weight excluding hydrogens is 402 g/mol. The van der Waals surface area contributed by atoms with Crippen LogP contribution in [0.25, 0.3) is 0 Å². The summed E-state index contributed by atoms with van der Waals surface area (Å²) in [4.78, 5) is 15.3. The molecule has 1 N–H and O–H groups in total. The minimum absolute atomic E-state index is 0.0531. The Morgan fingerprint density at radius 2 is 1.72 bits per heavy atom. The molecule has 0 aliphatic heterocycles. The fraction of sp³-hybridized carbons (Fsp3) is 0.296. The van der Waals surface area contributed by atoms with E-state index in [4.69, 9.17) is 14.6 Å². The molecule has 0 aromatic heterocycles. The van der Waals surface area contributed by atoms with Crippen molar-refractivity contribution in [2.75, 3.05) is 26.9 Å². The molecular formula is C27H31NO4.